The van der Waals surface area contributed by atoms with Crippen LogP contribution in [0.1, 0.15) is 16.8 Å². The van der Waals surface area contributed by atoms with Crippen LogP contribution in [-0.2, 0) is 0 Å². The van der Waals surface area contributed by atoms with Crippen LogP contribution in [0.2, 0.25) is 0 Å². The Bertz CT molecular complexity index is 708. The molecule has 0 unspecified atom stereocenters. The lowest BCUT2D eigenvalue weighted by molar-refractivity contribution is 0.405. The van der Waals surface area contributed by atoms with Gasteiger partial charge in [0.25, 0.3) is 0 Å². The fourth-order valence-electron chi connectivity index (χ4n) is 1.87. The minimum atomic E-state index is 0.396. The Kier molecular flexibility index (Phi) is 4.24. The second-order valence-corrected chi connectivity index (χ2v) is 4.44. The molecule has 1 N–H and O–H groups in total. The van der Waals surface area contributed by atoms with E-state index in [1.165, 1.54) is 0 Å². The quantitative estimate of drug-likeness (QED) is 0.929. The van der Waals surface area contributed by atoms with Crippen molar-refractivity contribution in [2.24, 2.45) is 0 Å². The van der Waals surface area contributed by atoms with Crippen molar-refractivity contribution in [1.82, 2.24) is 10.2 Å². The van der Waals surface area contributed by atoms with Gasteiger partial charge in [-0.25, -0.2) is 0 Å². The van der Waals surface area contributed by atoms with Gasteiger partial charge in [-0.05, 0) is 31.5 Å². The normalized spacial score (nSPS) is 9.86. The van der Waals surface area contributed by atoms with Crippen molar-refractivity contribution in [3.63, 3.8) is 0 Å². The summed E-state index contributed by atoms with van der Waals surface area (Å²) in [7, 11) is 3.16. The molecule has 0 atom stereocenters. The van der Waals surface area contributed by atoms with Crippen LogP contribution in [0.15, 0.2) is 18.2 Å². The molecule has 0 spiro atoms. The molecular formula is C15H16N4O2. The van der Waals surface area contributed by atoms with Gasteiger partial charge in [0.1, 0.15) is 23.1 Å². The van der Waals surface area contributed by atoms with Crippen molar-refractivity contribution in [2.45, 2.75) is 13.8 Å². The Morgan fingerprint density at radius 2 is 1.90 bits per heavy atom. The highest BCUT2D eigenvalue weighted by Crippen LogP contribution is 2.32. The maximum absolute atomic E-state index is 9.32. The lowest BCUT2D eigenvalue weighted by Crippen LogP contribution is -2.04. The molecule has 0 fully saturated rings. The third-order valence-electron chi connectivity index (χ3n) is 3.23. The molecule has 21 heavy (non-hydrogen) atoms. The van der Waals surface area contributed by atoms with Crippen molar-refractivity contribution in [2.75, 3.05) is 19.5 Å². The zero-order valence-corrected chi connectivity index (χ0v) is 12.4. The van der Waals surface area contributed by atoms with E-state index in [0.29, 0.717) is 28.6 Å². The van der Waals surface area contributed by atoms with E-state index in [-0.39, 0.29) is 0 Å². The Morgan fingerprint density at radius 1 is 1.14 bits per heavy atom. The molecule has 1 aromatic heterocycles. The zero-order valence-electron chi connectivity index (χ0n) is 12.4. The molecule has 1 heterocycles. The minimum absolute atomic E-state index is 0.396. The van der Waals surface area contributed by atoms with Gasteiger partial charge < -0.3 is 14.8 Å². The molecule has 1 aromatic carbocycles. The summed E-state index contributed by atoms with van der Waals surface area (Å²) in [5.41, 5.74) is 2.66. The number of hydrogen-bond donors (Lipinski definition) is 1. The maximum atomic E-state index is 9.32. The van der Waals surface area contributed by atoms with Gasteiger partial charge in [-0.15, -0.1) is 5.10 Å². The molecule has 0 amide bonds. The van der Waals surface area contributed by atoms with Gasteiger partial charge >= 0.3 is 0 Å². The van der Waals surface area contributed by atoms with Crippen LogP contribution in [0.25, 0.3) is 0 Å². The molecule has 6 heteroatoms. The highest BCUT2D eigenvalue weighted by molar-refractivity contribution is 5.70. The van der Waals surface area contributed by atoms with Crippen LogP contribution in [0.4, 0.5) is 11.5 Å². The summed E-state index contributed by atoms with van der Waals surface area (Å²) in [6, 6.07) is 7.50. The van der Waals surface area contributed by atoms with E-state index in [4.69, 9.17) is 9.47 Å². The Hall–Kier alpha value is -2.81. The van der Waals surface area contributed by atoms with E-state index >= 15 is 0 Å². The number of aromatic nitrogens is 2. The number of hydrogen-bond acceptors (Lipinski definition) is 6. The molecule has 108 valence electrons. The van der Waals surface area contributed by atoms with Crippen LogP contribution in [0.5, 0.6) is 11.5 Å². The number of rotatable bonds is 4. The summed E-state index contributed by atoms with van der Waals surface area (Å²) in [6.07, 6.45) is 0. The second-order valence-electron chi connectivity index (χ2n) is 4.44. The van der Waals surface area contributed by atoms with Gasteiger partial charge in [0.2, 0.25) is 0 Å². The Morgan fingerprint density at radius 3 is 2.52 bits per heavy atom. The summed E-state index contributed by atoms with van der Waals surface area (Å²) in [5, 5.41) is 20.5. The van der Waals surface area contributed by atoms with Gasteiger partial charge in [-0.3, -0.25) is 0 Å². The lowest BCUT2D eigenvalue weighted by atomic mass is 10.1. The maximum Gasteiger partial charge on any atom is 0.171 e. The summed E-state index contributed by atoms with van der Waals surface area (Å²) >= 11 is 0. The average molecular weight is 284 g/mol. The first-order valence-electron chi connectivity index (χ1n) is 6.33. The number of nitrogens with one attached hydrogen (secondary N) is 1. The van der Waals surface area contributed by atoms with Gasteiger partial charge in [0, 0.05) is 6.07 Å². The molecule has 0 aliphatic rings. The SMILES string of the molecule is COc1ccc(OC)c(Nc2nnc(C)c(C)c2C#N)c1. The molecule has 0 saturated heterocycles. The van der Waals surface area contributed by atoms with E-state index in [1.807, 2.05) is 13.8 Å². The van der Waals surface area contributed by atoms with Crippen LogP contribution in [0.3, 0.4) is 0 Å². The third kappa shape index (κ3) is 2.87. The molecule has 2 aromatic rings. The predicted molar refractivity (Wildman–Crippen MR) is 79.0 cm³/mol. The number of nitriles is 1. The zero-order chi connectivity index (χ0) is 15.4. The molecule has 2 rings (SSSR count). The molecule has 0 aliphatic heterocycles. The predicted octanol–water partition coefficient (Wildman–Crippen LogP) is 2.73. The van der Waals surface area contributed by atoms with Gasteiger partial charge in [-0.1, -0.05) is 0 Å². The Labute approximate surface area is 123 Å². The second kappa shape index (κ2) is 6.09. The first-order valence-corrected chi connectivity index (χ1v) is 6.33. The van der Waals surface area contributed by atoms with Crippen molar-refractivity contribution in [3.8, 4) is 17.6 Å². The standard InChI is InChI=1S/C15H16N4O2/c1-9-10(2)18-19-15(12(9)8-16)17-13-7-11(20-3)5-6-14(13)21-4/h5-7H,1-4H3,(H,17,19). The third-order valence-corrected chi connectivity index (χ3v) is 3.23. The number of anilines is 2. The van der Waals surface area contributed by atoms with Gasteiger partial charge in [-0.2, -0.15) is 10.4 Å². The fourth-order valence-corrected chi connectivity index (χ4v) is 1.87. The van der Waals surface area contributed by atoms with Crippen molar-refractivity contribution in [1.29, 1.82) is 5.26 Å². The molecule has 0 saturated carbocycles. The molecule has 0 radical (unpaired) electrons. The first-order chi connectivity index (χ1) is 10.1. The largest absolute Gasteiger partial charge is 0.497 e. The number of ether oxygens (including phenoxy) is 2. The Balaban J connectivity index is 2.48. The van der Waals surface area contributed by atoms with Crippen LogP contribution in [-0.4, -0.2) is 24.4 Å². The van der Waals surface area contributed by atoms with E-state index in [9.17, 15) is 5.26 Å². The molecular weight excluding hydrogens is 268 g/mol. The number of aryl methyl sites for hydroxylation is 1. The number of nitrogens with zero attached hydrogens (tertiary/aromatic N) is 3. The van der Waals surface area contributed by atoms with Crippen molar-refractivity contribution >= 4 is 11.5 Å². The average Bonchev–Trinajstić information content (AvgIpc) is 2.51. The first kappa shape index (κ1) is 14.6. The van der Waals surface area contributed by atoms with E-state index in [1.54, 1.807) is 32.4 Å². The summed E-state index contributed by atoms with van der Waals surface area (Å²) in [4.78, 5) is 0. The van der Waals surface area contributed by atoms with Gasteiger partial charge in [0.05, 0.1) is 25.6 Å². The summed E-state index contributed by atoms with van der Waals surface area (Å²) in [6.45, 7) is 3.66. The topological polar surface area (TPSA) is 80.1 Å². The van der Waals surface area contributed by atoms with Crippen LogP contribution in [0, 0.1) is 25.2 Å². The van der Waals surface area contributed by atoms with Crippen molar-refractivity contribution < 1.29 is 9.47 Å². The van der Waals surface area contributed by atoms with Crippen LogP contribution >= 0.6 is 0 Å². The molecule has 6 nitrogen and oxygen atoms in total. The van der Waals surface area contributed by atoms with E-state index < -0.39 is 0 Å². The highest BCUT2D eigenvalue weighted by atomic mass is 16.5. The number of methoxy groups -OCH3 is 2. The fraction of sp³-hybridized carbons (Fsp3) is 0.267. The molecule has 0 aliphatic carbocycles. The minimum Gasteiger partial charge on any atom is -0.497 e. The van der Waals surface area contributed by atoms with Crippen LogP contribution < -0.4 is 14.8 Å². The smallest absolute Gasteiger partial charge is 0.171 e. The van der Waals surface area contributed by atoms with Gasteiger partial charge in [0.15, 0.2) is 5.82 Å². The highest BCUT2D eigenvalue weighted by Gasteiger charge is 2.13. The summed E-state index contributed by atoms with van der Waals surface area (Å²) in [5.74, 6) is 1.69. The summed E-state index contributed by atoms with van der Waals surface area (Å²) < 4.78 is 10.5. The lowest BCUT2D eigenvalue weighted by Gasteiger charge is -2.13. The van der Waals surface area contributed by atoms with E-state index in [0.717, 1.165) is 11.3 Å². The van der Waals surface area contributed by atoms with Crippen molar-refractivity contribution in [3.05, 3.63) is 35.0 Å². The van der Waals surface area contributed by atoms with E-state index in [2.05, 4.69) is 21.6 Å². The molecule has 0 bridgehead atoms. The number of benzene rings is 1. The monoisotopic (exact) mass is 284 g/mol.